The number of hydrogen-bond acceptors (Lipinski definition) is 2. The second-order valence-electron chi connectivity index (χ2n) is 2.60. The molecule has 0 aliphatic carbocycles. The van der Waals surface area contributed by atoms with Crippen LogP contribution in [0.15, 0.2) is 30.3 Å². The number of nitrogens with one attached hydrogen (secondary N) is 1. The van der Waals surface area contributed by atoms with E-state index in [0.29, 0.717) is 0 Å². The van der Waals surface area contributed by atoms with Crippen molar-refractivity contribution in [2.24, 2.45) is 0 Å². The summed E-state index contributed by atoms with van der Waals surface area (Å²) in [7, 11) is 2.35. The van der Waals surface area contributed by atoms with Gasteiger partial charge < -0.3 is 4.79 Å². The Morgan fingerprint density at radius 3 is 2.58 bits per heavy atom. The van der Waals surface area contributed by atoms with E-state index in [1.807, 2.05) is 30.3 Å². The van der Waals surface area contributed by atoms with E-state index < -0.39 is 0 Å². The smallest absolute Gasteiger partial charge is 0.137 e. The van der Waals surface area contributed by atoms with Crippen molar-refractivity contribution >= 4 is 15.7 Å². The summed E-state index contributed by atoms with van der Waals surface area (Å²) in [4.78, 5) is 10.5. The Balaban J connectivity index is 2.56. The summed E-state index contributed by atoms with van der Waals surface area (Å²) in [6.07, 6.45) is 1.66. The first-order valence-corrected chi connectivity index (χ1v) is 4.40. The Hall–Kier alpha value is -0.720. The zero-order valence-electron chi connectivity index (χ0n) is 6.73. The van der Waals surface area contributed by atoms with Crippen molar-refractivity contribution in [3.8, 4) is 0 Å². The molecule has 2 nitrogen and oxygen atoms in total. The third-order valence-electron chi connectivity index (χ3n) is 1.68. The van der Waals surface area contributed by atoms with Gasteiger partial charge in [-0.15, -0.1) is 0 Å². The van der Waals surface area contributed by atoms with Crippen molar-refractivity contribution in [1.29, 1.82) is 0 Å². The van der Waals surface area contributed by atoms with Gasteiger partial charge in [-0.3, -0.25) is 5.09 Å². The number of carbonyl (C=O) groups excluding carboxylic acids is 1. The molecule has 0 saturated heterocycles. The minimum Gasteiger partial charge on any atom is -0.302 e. The van der Waals surface area contributed by atoms with Gasteiger partial charge in [-0.2, -0.15) is 0 Å². The van der Waals surface area contributed by atoms with Crippen molar-refractivity contribution in [2.45, 2.75) is 12.5 Å². The molecule has 0 aliphatic heterocycles. The van der Waals surface area contributed by atoms with E-state index in [4.69, 9.17) is 0 Å². The predicted molar refractivity (Wildman–Crippen MR) is 52.8 cm³/mol. The molecule has 1 rings (SSSR count). The first kappa shape index (κ1) is 9.37. The van der Waals surface area contributed by atoms with Gasteiger partial charge >= 0.3 is 0 Å². The Labute approximate surface area is 74.6 Å². The molecule has 0 bridgehead atoms. The molecule has 3 heteroatoms. The van der Waals surface area contributed by atoms with Crippen molar-refractivity contribution < 1.29 is 4.79 Å². The second kappa shape index (κ2) is 5.02. The number of aldehydes is 1. The molecule has 1 N–H and O–H groups in total. The molecule has 12 heavy (non-hydrogen) atoms. The van der Waals surface area contributed by atoms with E-state index in [-0.39, 0.29) is 6.04 Å². The molecule has 0 saturated carbocycles. The van der Waals surface area contributed by atoms with Crippen LogP contribution in [0.2, 0.25) is 0 Å². The maximum atomic E-state index is 10.5. The van der Waals surface area contributed by atoms with Gasteiger partial charge in [-0.05, 0) is 12.0 Å². The zero-order valence-corrected chi connectivity index (χ0v) is 7.89. The average molecular weight is 181 g/mol. The van der Waals surface area contributed by atoms with Gasteiger partial charge in [0.25, 0.3) is 0 Å². The van der Waals surface area contributed by atoms with Gasteiger partial charge in [0.05, 0.1) is 6.04 Å². The average Bonchev–Trinajstić information content (AvgIpc) is 2.16. The molecule has 0 aromatic heterocycles. The van der Waals surface area contributed by atoms with Gasteiger partial charge in [-0.25, -0.2) is 0 Å². The molecule has 0 spiro atoms. The van der Waals surface area contributed by atoms with Crippen LogP contribution in [-0.2, 0) is 11.2 Å². The fraction of sp³-hybridized carbons (Fsp3) is 0.222. The van der Waals surface area contributed by atoms with E-state index in [9.17, 15) is 4.79 Å². The zero-order chi connectivity index (χ0) is 8.81. The maximum Gasteiger partial charge on any atom is 0.137 e. The largest absolute Gasteiger partial charge is 0.302 e. The monoisotopic (exact) mass is 181 g/mol. The molecule has 1 aromatic rings. The van der Waals surface area contributed by atoms with E-state index >= 15 is 0 Å². The van der Waals surface area contributed by atoms with E-state index in [2.05, 4.69) is 14.5 Å². The first-order chi connectivity index (χ1) is 5.86. The Bertz CT molecular complexity index is 238. The lowest BCUT2D eigenvalue weighted by atomic mass is 10.1. The molecule has 2 unspecified atom stereocenters. The molecule has 0 heterocycles. The second-order valence-corrected chi connectivity index (χ2v) is 2.93. The normalized spacial score (nSPS) is 12.4. The van der Waals surface area contributed by atoms with Crippen molar-refractivity contribution in [3.05, 3.63) is 35.9 Å². The minimum absolute atomic E-state index is 0.0996. The Morgan fingerprint density at radius 2 is 2.08 bits per heavy atom. The Morgan fingerprint density at radius 1 is 1.42 bits per heavy atom. The van der Waals surface area contributed by atoms with Crippen molar-refractivity contribution in [1.82, 2.24) is 5.09 Å². The maximum absolute atomic E-state index is 10.5. The number of carbonyl (C=O) groups is 1. The third-order valence-corrected chi connectivity index (χ3v) is 2.10. The summed E-state index contributed by atoms with van der Waals surface area (Å²) in [5, 5.41) is 2.85. The molecule has 2 atom stereocenters. The summed E-state index contributed by atoms with van der Waals surface area (Å²) < 4.78 is 0. The van der Waals surface area contributed by atoms with Crippen LogP contribution >= 0.6 is 9.39 Å². The highest BCUT2D eigenvalue weighted by molar-refractivity contribution is 7.13. The van der Waals surface area contributed by atoms with E-state index in [1.54, 1.807) is 0 Å². The first-order valence-electron chi connectivity index (χ1n) is 3.82. The number of benzene rings is 1. The molecule has 1 aromatic carbocycles. The SMILES string of the molecule is O=CC(Cc1ccccc1)NP. The quantitative estimate of drug-likeness (QED) is 0.558. The van der Waals surface area contributed by atoms with Crippen LogP contribution in [0, 0.1) is 0 Å². The van der Waals surface area contributed by atoms with Crippen LogP contribution in [0.4, 0.5) is 0 Å². The van der Waals surface area contributed by atoms with Gasteiger partial charge in [0.2, 0.25) is 0 Å². The van der Waals surface area contributed by atoms with Crippen LogP contribution in [0.5, 0.6) is 0 Å². The highest BCUT2D eigenvalue weighted by Gasteiger charge is 2.03. The van der Waals surface area contributed by atoms with E-state index in [1.165, 1.54) is 5.56 Å². The molecule has 0 aliphatic rings. The Kier molecular flexibility index (Phi) is 3.92. The fourth-order valence-electron chi connectivity index (χ4n) is 1.01. The topological polar surface area (TPSA) is 29.1 Å². The lowest BCUT2D eigenvalue weighted by Gasteiger charge is -2.07. The molecule has 64 valence electrons. The van der Waals surface area contributed by atoms with Crippen LogP contribution in [0.3, 0.4) is 0 Å². The summed E-state index contributed by atoms with van der Waals surface area (Å²) in [5.74, 6) is 0. The minimum atomic E-state index is -0.0996. The highest BCUT2D eigenvalue weighted by atomic mass is 31.0. The summed E-state index contributed by atoms with van der Waals surface area (Å²) >= 11 is 0. The predicted octanol–water partition coefficient (Wildman–Crippen LogP) is 1.18. The van der Waals surface area contributed by atoms with Crippen LogP contribution in [0.25, 0.3) is 0 Å². The lowest BCUT2D eigenvalue weighted by Crippen LogP contribution is -2.24. The summed E-state index contributed by atoms with van der Waals surface area (Å²) in [5.41, 5.74) is 1.17. The number of rotatable bonds is 4. The van der Waals surface area contributed by atoms with Gasteiger partial charge in [-0.1, -0.05) is 39.7 Å². The molecular weight excluding hydrogens is 169 g/mol. The fourth-order valence-corrected chi connectivity index (χ4v) is 1.21. The van der Waals surface area contributed by atoms with Gasteiger partial charge in [0.1, 0.15) is 6.29 Å². The standard InChI is InChI=1S/C9H12NOP/c11-7-9(10-12)6-8-4-2-1-3-5-8/h1-5,7,9-10H,6,12H2. The van der Waals surface area contributed by atoms with Crippen LogP contribution in [-0.4, -0.2) is 12.3 Å². The van der Waals surface area contributed by atoms with Crippen molar-refractivity contribution in [3.63, 3.8) is 0 Å². The summed E-state index contributed by atoms with van der Waals surface area (Å²) in [6, 6.07) is 9.84. The molecule has 0 radical (unpaired) electrons. The summed E-state index contributed by atoms with van der Waals surface area (Å²) in [6.45, 7) is 0. The molecular formula is C9H12NOP. The number of hydrogen-bond donors (Lipinski definition) is 1. The van der Waals surface area contributed by atoms with E-state index in [0.717, 1.165) is 12.7 Å². The van der Waals surface area contributed by atoms with Crippen LogP contribution in [0.1, 0.15) is 5.56 Å². The van der Waals surface area contributed by atoms with Crippen molar-refractivity contribution in [2.75, 3.05) is 0 Å². The highest BCUT2D eigenvalue weighted by Crippen LogP contribution is 2.02. The lowest BCUT2D eigenvalue weighted by molar-refractivity contribution is -0.109. The molecule has 0 amide bonds. The van der Waals surface area contributed by atoms with Gasteiger partial charge in [0, 0.05) is 0 Å². The third kappa shape index (κ3) is 2.72. The molecule has 0 fully saturated rings. The van der Waals surface area contributed by atoms with Gasteiger partial charge in [0.15, 0.2) is 0 Å². The van der Waals surface area contributed by atoms with Crippen LogP contribution < -0.4 is 5.09 Å².